The number of carboxylic acid groups (broad SMARTS) is 1. The molecular weight excluding hydrogens is 187 g/mol. The molecule has 1 N–H and O–H groups in total. The zero-order valence-electron chi connectivity index (χ0n) is 7.37. The van der Waals surface area contributed by atoms with Crippen LogP contribution in [0.4, 0.5) is 4.39 Å². The number of fused-ring (bicyclic) bond motifs is 1. The van der Waals surface area contributed by atoms with Gasteiger partial charge in [-0.25, -0.2) is 4.39 Å². The molecule has 0 bridgehead atoms. The van der Waals surface area contributed by atoms with Crippen LogP contribution in [0.15, 0.2) is 18.2 Å². The third-order valence-electron chi connectivity index (χ3n) is 2.17. The Bertz CT molecular complexity index is 376. The summed E-state index contributed by atoms with van der Waals surface area (Å²) < 4.78 is 18.0. The van der Waals surface area contributed by atoms with E-state index in [1.165, 1.54) is 12.1 Å². The second-order valence-electron chi connectivity index (χ2n) is 3.29. The number of aliphatic carboxylic acids is 1. The van der Waals surface area contributed by atoms with Gasteiger partial charge in [-0.05, 0) is 11.6 Å². The van der Waals surface area contributed by atoms with Crippen LogP contribution in [-0.2, 0) is 11.2 Å². The highest BCUT2D eigenvalue weighted by molar-refractivity contribution is 5.67. The summed E-state index contributed by atoms with van der Waals surface area (Å²) in [5.41, 5.74) is 0.873. The summed E-state index contributed by atoms with van der Waals surface area (Å²) in [6.07, 6.45) is 0.141. The Kier molecular flexibility index (Phi) is 2.11. The van der Waals surface area contributed by atoms with Crippen molar-refractivity contribution in [2.45, 2.75) is 18.9 Å². The zero-order chi connectivity index (χ0) is 10.1. The lowest BCUT2D eigenvalue weighted by molar-refractivity contribution is -0.138. The highest BCUT2D eigenvalue weighted by Gasteiger charge is 2.25. The highest BCUT2D eigenvalue weighted by atomic mass is 19.1. The molecule has 1 atom stereocenters. The van der Waals surface area contributed by atoms with Gasteiger partial charge in [0.2, 0.25) is 0 Å². The molecule has 0 amide bonds. The van der Waals surface area contributed by atoms with Gasteiger partial charge in [-0.2, -0.15) is 0 Å². The molecule has 2 rings (SSSR count). The Morgan fingerprint density at radius 2 is 2.43 bits per heavy atom. The minimum Gasteiger partial charge on any atom is -0.489 e. The van der Waals surface area contributed by atoms with Gasteiger partial charge in [-0.1, -0.05) is 6.07 Å². The van der Waals surface area contributed by atoms with Gasteiger partial charge in [0, 0.05) is 12.5 Å². The number of carboxylic acids is 1. The molecule has 0 aromatic heterocycles. The molecular formula is C10H9FO3. The number of carbonyl (C=O) groups is 1. The zero-order valence-corrected chi connectivity index (χ0v) is 7.37. The van der Waals surface area contributed by atoms with Crippen molar-refractivity contribution in [1.29, 1.82) is 0 Å². The minimum absolute atomic E-state index is 0.0453. The first-order valence-electron chi connectivity index (χ1n) is 4.32. The van der Waals surface area contributed by atoms with Crippen molar-refractivity contribution >= 4 is 5.97 Å². The SMILES string of the molecule is O=C(O)CC1Cc2ccc(F)cc2O1. The molecule has 0 aliphatic carbocycles. The molecule has 1 aromatic rings. The van der Waals surface area contributed by atoms with E-state index in [1.54, 1.807) is 6.07 Å². The summed E-state index contributed by atoms with van der Waals surface area (Å²) in [5, 5.41) is 8.55. The number of hydrogen-bond donors (Lipinski definition) is 1. The van der Waals surface area contributed by atoms with Crippen LogP contribution >= 0.6 is 0 Å². The predicted molar refractivity (Wildman–Crippen MR) is 46.8 cm³/mol. The van der Waals surface area contributed by atoms with Crippen LogP contribution in [0.2, 0.25) is 0 Å². The van der Waals surface area contributed by atoms with E-state index in [0.717, 1.165) is 5.56 Å². The summed E-state index contributed by atoms with van der Waals surface area (Å²) in [6.45, 7) is 0. The maximum absolute atomic E-state index is 12.8. The molecule has 0 saturated carbocycles. The van der Waals surface area contributed by atoms with Crippen LogP contribution in [0.3, 0.4) is 0 Å². The Hall–Kier alpha value is -1.58. The molecule has 1 aromatic carbocycles. The van der Waals surface area contributed by atoms with Crippen molar-refractivity contribution < 1.29 is 19.0 Å². The van der Waals surface area contributed by atoms with E-state index >= 15 is 0 Å². The first-order valence-corrected chi connectivity index (χ1v) is 4.32. The van der Waals surface area contributed by atoms with Crippen molar-refractivity contribution in [1.82, 2.24) is 0 Å². The van der Waals surface area contributed by atoms with E-state index < -0.39 is 5.97 Å². The quantitative estimate of drug-likeness (QED) is 0.781. The van der Waals surface area contributed by atoms with Crippen molar-refractivity contribution in [2.75, 3.05) is 0 Å². The molecule has 4 heteroatoms. The monoisotopic (exact) mass is 196 g/mol. The molecule has 1 aliphatic rings. The maximum atomic E-state index is 12.8. The summed E-state index contributed by atoms with van der Waals surface area (Å²) in [4.78, 5) is 10.4. The molecule has 1 aliphatic heterocycles. The maximum Gasteiger partial charge on any atom is 0.307 e. The normalized spacial score (nSPS) is 18.8. The predicted octanol–water partition coefficient (Wildman–Crippen LogP) is 1.60. The molecule has 0 saturated heterocycles. The van der Waals surface area contributed by atoms with Crippen LogP contribution in [0.5, 0.6) is 5.75 Å². The fourth-order valence-corrected chi connectivity index (χ4v) is 1.58. The number of benzene rings is 1. The number of rotatable bonds is 2. The third-order valence-corrected chi connectivity index (χ3v) is 2.17. The summed E-state index contributed by atoms with van der Waals surface area (Å²) >= 11 is 0. The molecule has 0 radical (unpaired) electrons. The lowest BCUT2D eigenvalue weighted by Crippen LogP contribution is -2.17. The van der Waals surface area contributed by atoms with Gasteiger partial charge in [-0.15, -0.1) is 0 Å². The van der Waals surface area contributed by atoms with Crippen molar-refractivity contribution in [2.24, 2.45) is 0 Å². The van der Waals surface area contributed by atoms with Gasteiger partial charge in [-0.3, -0.25) is 4.79 Å². The van der Waals surface area contributed by atoms with Gasteiger partial charge in [0.15, 0.2) is 0 Å². The Labute approximate surface area is 80.1 Å². The van der Waals surface area contributed by atoms with E-state index in [2.05, 4.69) is 0 Å². The summed E-state index contributed by atoms with van der Waals surface area (Å²) in [7, 11) is 0. The standard InChI is InChI=1S/C10H9FO3/c11-7-2-1-6-3-8(5-10(12)13)14-9(6)4-7/h1-2,4,8H,3,5H2,(H,12,13). The molecule has 3 nitrogen and oxygen atoms in total. The van der Waals surface area contributed by atoms with Gasteiger partial charge >= 0.3 is 5.97 Å². The molecule has 1 unspecified atom stereocenters. The Balaban J connectivity index is 2.14. The van der Waals surface area contributed by atoms with Gasteiger partial charge in [0.1, 0.15) is 17.7 Å². The van der Waals surface area contributed by atoms with Crippen molar-refractivity contribution in [3.63, 3.8) is 0 Å². The van der Waals surface area contributed by atoms with E-state index in [0.29, 0.717) is 12.2 Å². The first-order chi connectivity index (χ1) is 6.65. The van der Waals surface area contributed by atoms with Crippen LogP contribution in [0, 0.1) is 5.82 Å². The van der Waals surface area contributed by atoms with E-state index in [1.807, 2.05) is 0 Å². The second-order valence-corrected chi connectivity index (χ2v) is 3.29. The topological polar surface area (TPSA) is 46.5 Å². The van der Waals surface area contributed by atoms with E-state index in [-0.39, 0.29) is 18.3 Å². The smallest absolute Gasteiger partial charge is 0.307 e. The van der Waals surface area contributed by atoms with Crippen LogP contribution in [0.1, 0.15) is 12.0 Å². The van der Waals surface area contributed by atoms with Crippen LogP contribution in [0.25, 0.3) is 0 Å². The number of ether oxygens (including phenoxy) is 1. The summed E-state index contributed by atoms with van der Waals surface area (Å²) in [6, 6.07) is 4.27. The fraction of sp³-hybridized carbons (Fsp3) is 0.300. The van der Waals surface area contributed by atoms with Crippen LogP contribution in [-0.4, -0.2) is 17.2 Å². The van der Waals surface area contributed by atoms with Crippen molar-refractivity contribution in [3.8, 4) is 5.75 Å². The summed E-state index contributed by atoms with van der Waals surface area (Å²) in [5.74, 6) is -0.792. The second kappa shape index (κ2) is 3.29. The van der Waals surface area contributed by atoms with Gasteiger partial charge in [0.05, 0.1) is 6.42 Å². The fourth-order valence-electron chi connectivity index (χ4n) is 1.58. The van der Waals surface area contributed by atoms with Gasteiger partial charge < -0.3 is 9.84 Å². The Morgan fingerprint density at radius 3 is 3.14 bits per heavy atom. The highest BCUT2D eigenvalue weighted by Crippen LogP contribution is 2.30. The van der Waals surface area contributed by atoms with E-state index in [4.69, 9.17) is 9.84 Å². The molecule has 74 valence electrons. The average molecular weight is 196 g/mol. The van der Waals surface area contributed by atoms with E-state index in [9.17, 15) is 9.18 Å². The lowest BCUT2D eigenvalue weighted by Gasteiger charge is -2.06. The molecule has 1 heterocycles. The van der Waals surface area contributed by atoms with Crippen LogP contribution < -0.4 is 4.74 Å². The molecule has 14 heavy (non-hydrogen) atoms. The Morgan fingerprint density at radius 1 is 1.64 bits per heavy atom. The molecule has 0 spiro atoms. The average Bonchev–Trinajstić information content (AvgIpc) is 2.44. The number of halogens is 1. The minimum atomic E-state index is -0.900. The first kappa shape index (κ1) is 8.99. The van der Waals surface area contributed by atoms with Crippen molar-refractivity contribution in [3.05, 3.63) is 29.6 Å². The largest absolute Gasteiger partial charge is 0.489 e. The van der Waals surface area contributed by atoms with Gasteiger partial charge in [0.25, 0.3) is 0 Å². The number of hydrogen-bond acceptors (Lipinski definition) is 2. The third kappa shape index (κ3) is 1.69. The molecule has 0 fully saturated rings. The lowest BCUT2D eigenvalue weighted by atomic mass is 10.1.